The number of nitrogens with one attached hydrogen (secondary N) is 1. The van der Waals surface area contributed by atoms with E-state index in [-0.39, 0.29) is 16.5 Å². The van der Waals surface area contributed by atoms with Gasteiger partial charge in [-0.05, 0) is 57.4 Å². The van der Waals surface area contributed by atoms with Gasteiger partial charge in [-0.3, -0.25) is 0 Å². The fourth-order valence-corrected chi connectivity index (χ4v) is 4.24. The lowest BCUT2D eigenvalue weighted by Crippen LogP contribution is -2.37. The molecule has 1 saturated carbocycles. The highest BCUT2D eigenvalue weighted by Crippen LogP contribution is 2.37. The molecule has 0 spiro atoms. The predicted octanol–water partition coefficient (Wildman–Crippen LogP) is 2.27. The van der Waals surface area contributed by atoms with Crippen LogP contribution in [0.3, 0.4) is 0 Å². The maximum atomic E-state index is 14.0. The van der Waals surface area contributed by atoms with Gasteiger partial charge in [0.25, 0.3) is 0 Å². The van der Waals surface area contributed by atoms with Crippen LogP contribution in [0.4, 0.5) is 4.39 Å². The molecule has 2 rings (SSSR count). The summed E-state index contributed by atoms with van der Waals surface area (Å²) < 4.78 is 41.0. The molecule has 1 atom stereocenters. The average molecular weight is 314 g/mol. The van der Waals surface area contributed by atoms with E-state index in [9.17, 15) is 12.8 Å². The van der Waals surface area contributed by atoms with E-state index >= 15 is 0 Å². The minimum Gasteiger partial charge on any atom is -0.316 e. The van der Waals surface area contributed by atoms with Crippen LogP contribution in [-0.2, 0) is 16.6 Å². The van der Waals surface area contributed by atoms with Gasteiger partial charge >= 0.3 is 0 Å². The maximum Gasteiger partial charge on any atom is 0.243 e. The second-order valence-corrected chi connectivity index (χ2v) is 7.80. The number of benzene rings is 1. The van der Waals surface area contributed by atoms with Crippen molar-refractivity contribution >= 4 is 10.0 Å². The molecule has 1 N–H and O–H groups in total. The van der Waals surface area contributed by atoms with Crippen molar-refractivity contribution in [1.82, 2.24) is 9.62 Å². The minimum absolute atomic E-state index is 0.0505. The molecule has 0 amide bonds. The molecular formula is C15H23FN2O2S. The topological polar surface area (TPSA) is 49.4 Å². The van der Waals surface area contributed by atoms with Gasteiger partial charge in [0.1, 0.15) is 5.82 Å². The highest BCUT2D eigenvalue weighted by molar-refractivity contribution is 7.89. The van der Waals surface area contributed by atoms with Gasteiger partial charge < -0.3 is 5.32 Å². The van der Waals surface area contributed by atoms with E-state index in [0.717, 1.165) is 12.8 Å². The molecule has 0 radical (unpaired) electrons. The first kappa shape index (κ1) is 16.4. The van der Waals surface area contributed by atoms with Crippen molar-refractivity contribution in [2.24, 2.45) is 5.92 Å². The van der Waals surface area contributed by atoms with E-state index in [1.54, 1.807) is 20.2 Å². The number of hydrogen-bond donors (Lipinski definition) is 1. The van der Waals surface area contributed by atoms with Crippen LogP contribution in [-0.4, -0.2) is 32.9 Å². The van der Waals surface area contributed by atoms with Crippen LogP contribution in [0.2, 0.25) is 0 Å². The Morgan fingerprint density at radius 3 is 2.57 bits per heavy atom. The standard InChI is InChI=1S/C15H23FN2O2S/c1-10-14(16)7-12(9-17-3)8-15(10)21(19,20)18(4)11(2)13-5-6-13/h7-8,11,13,17H,5-6,9H2,1-4H3. The second kappa shape index (κ2) is 6.02. The van der Waals surface area contributed by atoms with E-state index < -0.39 is 15.8 Å². The SMILES string of the molecule is CNCc1cc(F)c(C)c(S(=O)(=O)N(C)C(C)C2CC2)c1. The van der Waals surface area contributed by atoms with Crippen LogP contribution in [0, 0.1) is 18.7 Å². The Bertz CT molecular complexity index is 627. The predicted molar refractivity (Wildman–Crippen MR) is 81.0 cm³/mol. The zero-order valence-electron chi connectivity index (χ0n) is 13.0. The van der Waals surface area contributed by atoms with E-state index in [4.69, 9.17) is 0 Å². The molecule has 1 aromatic rings. The molecule has 21 heavy (non-hydrogen) atoms. The summed E-state index contributed by atoms with van der Waals surface area (Å²) in [6.45, 7) is 3.86. The van der Waals surface area contributed by atoms with Crippen molar-refractivity contribution in [3.8, 4) is 0 Å². The van der Waals surface area contributed by atoms with E-state index in [1.165, 1.54) is 17.3 Å². The summed E-state index contributed by atoms with van der Waals surface area (Å²) in [5.41, 5.74) is 0.816. The maximum absolute atomic E-state index is 14.0. The Morgan fingerprint density at radius 1 is 1.43 bits per heavy atom. The third-order valence-corrected chi connectivity index (χ3v) is 6.34. The van der Waals surface area contributed by atoms with Crippen molar-refractivity contribution in [1.29, 1.82) is 0 Å². The van der Waals surface area contributed by atoms with Gasteiger partial charge in [0, 0.05) is 25.2 Å². The Hall–Kier alpha value is -0.980. The average Bonchev–Trinajstić information content (AvgIpc) is 3.25. The van der Waals surface area contributed by atoms with Crippen molar-refractivity contribution in [2.45, 2.75) is 44.2 Å². The van der Waals surface area contributed by atoms with Crippen LogP contribution in [0.5, 0.6) is 0 Å². The van der Waals surface area contributed by atoms with Gasteiger partial charge in [-0.2, -0.15) is 4.31 Å². The highest BCUT2D eigenvalue weighted by atomic mass is 32.2. The molecule has 4 nitrogen and oxygen atoms in total. The molecule has 118 valence electrons. The summed E-state index contributed by atoms with van der Waals surface area (Å²) in [5, 5.41) is 2.91. The highest BCUT2D eigenvalue weighted by Gasteiger charge is 2.36. The smallest absolute Gasteiger partial charge is 0.243 e. The van der Waals surface area contributed by atoms with E-state index in [0.29, 0.717) is 18.0 Å². The largest absolute Gasteiger partial charge is 0.316 e. The van der Waals surface area contributed by atoms with Crippen LogP contribution >= 0.6 is 0 Å². The van der Waals surface area contributed by atoms with Crippen molar-refractivity contribution in [3.63, 3.8) is 0 Å². The zero-order chi connectivity index (χ0) is 15.8. The number of nitrogens with zero attached hydrogens (tertiary/aromatic N) is 1. The molecule has 6 heteroatoms. The molecule has 0 aliphatic heterocycles. The fraction of sp³-hybridized carbons (Fsp3) is 0.600. The molecule has 1 aliphatic rings. The molecule has 0 bridgehead atoms. The summed E-state index contributed by atoms with van der Waals surface area (Å²) >= 11 is 0. The molecule has 1 fully saturated rings. The van der Waals surface area contributed by atoms with Crippen molar-refractivity contribution < 1.29 is 12.8 Å². The summed E-state index contributed by atoms with van der Waals surface area (Å²) in [4.78, 5) is 0.0720. The second-order valence-electron chi connectivity index (χ2n) is 5.83. The van der Waals surface area contributed by atoms with Gasteiger partial charge in [0.05, 0.1) is 4.90 Å². The Labute approximate surface area is 126 Å². The van der Waals surface area contributed by atoms with Gasteiger partial charge in [-0.15, -0.1) is 0 Å². The first-order chi connectivity index (χ1) is 9.78. The summed E-state index contributed by atoms with van der Waals surface area (Å²) in [6.07, 6.45) is 2.13. The molecule has 1 aromatic carbocycles. The summed E-state index contributed by atoms with van der Waals surface area (Å²) in [6, 6.07) is 2.90. The quantitative estimate of drug-likeness (QED) is 0.876. The van der Waals surface area contributed by atoms with Crippen molar-refractivity contribution in [3.05, 3.63) is 29.1 Å². The number of sulfonamides is 1. The Kier molecular flexibility index (Phi) is 4.70. The third-order valence-electron chi connectivity index (χ3n) is 4.27. The molecule has 0 saturated heterocycles. The lowest BCUT2D eigenvalue weighted by molar-refractivity contribution is 0.356. The molecule has 0 heterocycles. The number of rotatable bonds is 6. The van der Waals surface area contributed by atoms with Gasteiger partial charge in [0.2, 0.25) is 10.0 Å². The normalized spacial score (nSPS) is 17.2. The molecule has 1 unspecified atom stereocenters. The molecule has 1 aliphatic carbocycles. The number of halogens is 1. The summed E-state index contributed by atoms with van der Waals surface area (Å²) in [5.74, 6) is -0.0516. The number of hydrogen-bond acceptors (Lipinski definition) is 3. The molecule has 0 aromatic heterocycles. The van der Waals surface area contributed by atoms with Gasteiger partial charge in [-0.1, -0.05) is 0 Å². The van der Waals surface area contributed by atoms with Crippen LogP contribution in [0.15, 0.2) is 17.0 Å². The Balaban J connectivity index is 2.42. The molecular weight excluding hydrogens is 291 g/mol. The van der Waals surface area contributed by atoms with E-state index in [1.807, 2.05) is 6.92 Å². The first-order valence-electron chi connectivity index (χ1n) is 7.20. The van der Waals surface area contributed by atoms with Gasteiger partial charge in [0.15, 0.2) is 0 Å². The fourth-order valence-electron chi connectivity index (χ4n) is 2.53. The van der Waals surface area contributed by atoms with Crippen molar-refractivity contribution in [2.75, 3.05) is 14.1 Å². The van der Waals surface area contributed by atoms with Crippen LogP contribution in [0.25, 0.3) is 0 Å². The first-order valence-corrected chi connectivity index (χ1v) is 8.64. The van der Waals surface area contributed by atoms with Crippen LogP contribution < -0.4 is 5.32 Å². The van der Waals surface area contributed by atoms with Gasteiger partial charge in [-0.25, -0.2) is 12.8 Å². The Morgan fingerprint density at radius 2 is 2.05 bits per heavy atom. The third kappa shape index (κ3) is 3.27. The summed E-state index contributed by atoms with van der Waals surface area (Å²) in [7, 11) is -0.345. The zero-order valence-corrected chi connectivity index (χ0v) is 13.8. The lowest BCUT2D eigenvalue weighted by atomic mass is 10.1. The monoisotopic (exact) mass is 314 g/mol. The lowest BCUT2D eigenvalue weighted by Gasteiger charge is -2.25. The van der Waals surface area contributed by atoms with Crippen LogP contribution in [0.1, 0.15) is 30.9 Å². The minimum atomic E-state index is -3.67. The van der Waals surface area contributed by atoms with E-state index in [2.05, 4.69) is 5.32 Å².